The lowest BCUT2D eigenvalue weighted by atomic mass is 9.96. The van der Waals surface area contributed by atoms with Crippen LogP contribution < -0.4 is 10.2 Å². The molecular weight excluding hydrogens is 448 g/mol. The summed E-state index contributed by atoms with van der Waals surface area (Å²) >= 11 is 1.31. The van der Waals surface area contributed by atoms with Crippen LogP contribution >= 0.6 is 11.3 Å². The van der Waals surface area contributed by atoms with Gasteiger partial charge in [-0.15, -0.1) is 10.2 Å². The average Bonchev–Trinajstić information content (AvgIpc) is 3.52. The molecule has 1 aliphatic rings. The van der Waals surface area contributed by atoms with Crippen LogP contribution in [0.5, 0.6) is 0 Å². The molecule has 0 bridgehead atoms. The highest BCUT2D eigenvalue weighted by Gasteiger charge is 2.20. The fourth-order valence-electron chi connectivity index (χ4n) is 4.24. The number of urea groups is 1. The second-order valence-electron chi connectivity index (χ2n) is 8.24. The molecule has 9 nitrogen and oxygen atoms in total. The number of hydrogen-bond acceptors (Lipinski definition) is 7. The van der Waals surface area contributed by atoms with Crippen LogP contribution in [0, 0.1) is 0 Å². The second-order valence-corrected chi connectivity index (χ2v) is 9.08. The summed E-state index contributed by atoms with van der Waals surface area (Å²) in [6.07, 6.45) is 7.48. The van der Waals surface area contributed by atoms with Crippen LogP contribution in [0.3, 0.4) is 0 Å². The van der Waals surface area contributed by atoms with Gasteiger partial charge in [-0.1, -0.05) is 30.4 Å². The summed E-state index contributed by atoms with van der Waals surface area (Å²) in [4.78, 5) is 25.4. The summed E-state index contributed by atoms with van der Waals surface area (Å²) in [5.74, 6) is 0.882. The Labute approximate surface area is 201 Å². The van der Waals surface area contributed by atoms with Crippen molar-refractivity contribution in [3.8, 4) is 0 Å². The van der Waals surface area contributed by atoms with Crippen molar-refractivity contribution in [1.29, 1.82) is 0 Å². The molecule has 0 saturated carbocycles. The minimum Gasteiger partial charge on any atom is -0.334 e. The van der Waals surface area contributed by atoms with Crippen molar-refractivity contribution < 1.29 is 4.79 Å². The van der Waals surface area contributed by atoms with E-state index in [0.29, 0.717) is 18.2 Å². The molecule has 4 heterocycles. The van der Waals surface area contributed by atoms with Gasteiger partial charge in [-0.05, 0) is 41.7 Å². The van der Waals surface area contributed by atoms with Crippen molar-refractivity contribution in [2.45, 2.75) is 19.8 Å². The minimum absolute atomic E-state index is 0.142. The van der Waals surface area contributed by atoms with E-state index in [1.807, 2.05) is 24.9 Å². The fraction of sp³-hybridized carbons (Fsp3) is 0.292. The van der Waals surface area contributed by atoms with Crippen LogP contribution in [0.1, 0.15) is 24.5 Å². The SMILES string of the molecule is CCc1cc(C2=CCN(C(=O)Nc3nncs3)CC2)ccc1N(C)c1cc2c(cn1)ncn2C. The first-order chi connectivity index (χ1) is 16.5. The summed E-state index contributed by atoms with van der Waals surface area (Å²) in [5, 5.41) is 10.9. The summed E-state index contributed by atoms with van der Waals surface area (Å²) in [6.45, 7) is 3.40. The first-order valence-corrected chi connectivity index (χ1v) is 12.1. The standard InChI is InChI=1S/C24H26N8OS/c1-4-16-11-18(17-7-9-32(10-8-17)24(33)28-23-29-27-15-34-23)5-6-20(16)31(3)22-12-21-19(13-25-22)26-14-30(21)2/h5-7,11-15H,4,8-10H2,1-3H3,(H,28,29,33). The molecule has 3 aromatic heterocycles. The zero-order valence-corrected chi connectivity index (χ0v) is 20.2. The molecule has 2 amide bonds. The van der Waals surface area contributed by atoms with E-state index in [1.54, 1.807) is 16.7 Å². The molecule has 34 heavy (non-hydrogen) atoms. The van der Waals surface area contributed by atoms with Gasteiger partial charge in [-0.2, -0.15) is 0 Å². The van der Waals surface area contributed by atoms with Crippen LogP contribution in [0.4, 0.5) is 21.4 Å². The summed E-state index contributed by atoms with van der Waals surface area (Å²) < 4.78 is 2.01. The number of benzene rings is 1. The van der Waals surface area contributed by atoms with Crippen LogP contribution in [0.2, 0.25) is 0 Å². The molecule has 1 aliphatic heterocycles. The molecule has 0 atom stereocenters. The van der Waals surface area contributed by atoms with Crippen molar-refractivity contribution >= 4 is 50.6 Å². The molecule has 4 aromatic rings. The van der Waals surface area contributed by atoms with Gasteiger partial charge in [-0.25, -0.2) is 14.8 Å². The molecular formula is C24H26N8OS. The molecule has 0 radical (unpaired) electrons. The molecule has 1 aromatic carbocycles. The molecule has 0 aliphatic carbocycles. The van der Waals surface area contributed by atoms with Crippen molar-refractivity contribution in [2.75, 3.05) is 30.4 Å². The summed E-state index contributed by atoms with van der Waals surface area (Å²) in [5.41, 5.74) is 8.40. The first kappa shape index (κ1) is 22.0. The molecule has 1 N–H and O–H groups in total. The molecule has 0 unspecified atom stereocenters. The fourth-order valence-corrected chi connectivity index (χ4v) is 4.67. The Morgan fingerprint density at radius 3 is 2.88 bits per heavy atom. The molecule has 174 valence electrons. The van der Waals surface area contributed by atoms with Gasteiger partial charge in [0.2, 0.25) is 5.13 Å². The maximum Gasteiger partial charge on any atom is 0.323 e. The molecule has 5 rings (SSSR count). The number of hydrogen-bond donors (Lipinski definition) is 1. The highest BCUT2D eigenvalue weighted by atomic mass is 32.1. The quantitative estimate of drug-likeness (QED) is 0.459. The highest BCUT2D eigenvalue weighted by Crippen LogP contribution is 2.32. The lowest BCUT2D eigenvalue weighted by Gasteiger charge is -2.27. The van der Waals surface area contributed by atoms with E-state index >= 15 is 0 Å². The van der Waals surface area contributed by atoms with Crippen LogP contribution in [-0.2, 0) is 13.5 Å². The normalized spacial score (nSPS) is 13.7. The molecule has 0 fully saturated rings. The van der Waals surface area contributed by atoms with Gasteiger partial charge in [-0.3, -0.25) is 5.32 Å². The van der Waals surface area contributed by atoms with Gasteiger partial charge in [0.15, 0.2) is 0 Å². The Morgan fingerprint density at radius 1 is 1.26 bits per heavy atom. The predicted octanol–water partition coefficient (Wildman–Crippen LogP) is 4.47. The topological polar surface area (TPSA) is 92.1 Å². The van der Waals surface area contributed by atoms with Crippen molar-refractivity contribution in [3.63, 3.8) is 0 Å². The van der Waals surface area contributed by atoms with Gasteiger partial charge in [0.25, 0.3) is 0 Å². The third-order valence-corrected chi connectivity index (χ3v) is 6.81. The zero-order chi connectivity index (χ0) is 23.7. The smallest absolute Gasteiger partial charge is 0.323 e. The van der Waals surface area contributed by atoms with E-state index in [-0.39, 0.29) is 6.03 Å². The van der Waals surface area contributed by atoms with Crippen LogP contribution in [-0.4, -0.2) is 55.8 Å². The van der Waals surface area contributed by atoms with Crippen molar-refractivity contribution in [1.82, 2.24) is 29.6 Å². The van der Waals surface area contributed by atoms with Gasteiger partial charge >= 0.3 is 6.03 Å². The third kappa shape index (κ3) is 4.24. The van der Waals surface area contributed by atoms with E-state index < -0.39 is 0 Å². The average molecular weight is 475 g/mol. The number of nitrogens with one attached hydrogen (secondary N) is 1. The number of carbonyl (C=O) groups is 1. The largest absolute Gasteiger partial charge is 0.334 e. The number of nitrogens with zero attached hydrogens (tertiary/aromatic N) is 7. The Bertz CT molecular complexity index is 1360. The molecule has 0 saturated heterocycles. The number of fused-ring (bicyclic) bond motifs is 1. The number of aryl methyl sites for hydroxylation is 2. The molecule has 0 spiro atoms. The zero-order valence-electron chi connectivity index (χ0n) is 19.4. The van der Waals surface area contributed by atoms with Crippen LogP contribution in [0.25, 0.3) is 16.6 Å². The number of imidazole rings is 1. The van der Waals surface area contributed by atoms with E-state index in [0.717, 1.165) is 35.4 Å². The Balaban J connectivity index is 1.33. The Morgan fingerprint density at radius 2 is 2.15 bits per heavy atom. The van der Waals surface area contributed by atoms with Gasteiger partial charge < -0.3 is 14.4 Å². The number of aromatic nitrogens is 5. The summed E-state index contributed by atoms with van der Waals surface area (Å²) in [7, 11) is 4.04. The lowest BCUT2D eigenvalue weighted by molar-refractivity contribution is 0.217. The number of amides is 2. The van der Waals surface area contributed by atoms with Gasteiger partial charge in [0.1, 0.15) is 16.8 Å². The first-order valence-electron chi connectivity index (χ1n) is 11.2. The lowest BCUT2D eigenvalue weighted by Crippen LogP contribution is -2.37. The number of carbonyl (C=O) groups excluding carboxylic acids is 1. The maximum atomic E-state index is 12.5. The van der Waals surface area contributed by atoms with E-state index in [9.17, 15) is 4.79 Å². The number of pyridine rings is 1. The summed E-state index contributed by atoms with van der Waals surface area (Å²) in [6, 6.07) is 8.52. The van der Waals surface area contributed by atoms with Gasteiger partial charge in [0, 0.05) is 38.9 Å². The van der Waals surface area contributed by atoms with E-state index in [4.69, 9.17) is 0 Å². The minimum atomic E-state index is -0.142. The van der Waals surface area contributed by atoms with Gasteiger partial charge in [0.05, 0.1) is 18.0 Å². The number of rotatable bonds is 5. The second kappa shape index (κ2) is 9.22. The van der Waals surface area contributed by atoms with Crippen LogP contribution in [0.15, 0.2) is 48.4 Å². The van der Waals surface area contributed by atoms with E-state index in [1.165, 1.54) is 28.0 Å². The molecule has 10 heteroatoms. The maximum absolute atomic E-state index is 12.5. The predicted molar refractivity (Wildman–Crippen MR) is 135 cm³/mol. The number of anilines is 3. The Kier molecular flexibility index (Phi) is 5.97. The monoisotopic (exact) mass is 474 g/mol. The van der Waals surface area contributed by atoms with Crippen molar-refractivity contribution in [2.24, 2.45) is 7.05 Å². The van der Waals surface area contributed by atoms with E-state index in [2.05, 4.69) is 67.6 Å². The third-order valence-electron chi connectivity index (χ3n) is 6.20. The van der Waals surface area contributed by atoms with Crippen molar-refractivity contribution in [3.05, 3.63) is 59.5 Å². The Hall–Kier alpha value is -3.79. The highest BCUT2D eigenvalue weighted by molar-refractivity contribution is 7.13.